The highest BCUT2D eigenvalue weighted by Gasteiger charge is 2.09. The summed E-state index contributed by atoms with van der Waals surface area (Å²) in [6, 6.07) is 7.78. The molecule has 1 heterocycles. The fourth-order valence-corrected chi connectivity index (χ4v) is 2.87. The van der Waals surface area contributed by atoms with Gasteiger partial charge in [0.25, 0.3) is 0 Å². The van der Waals surface area contributed by atoms with Crippen molar-refractivity contribution in [2.75, 3.05) is 0 Å². The monoisotopic (exact) mass is 238 g/mol. The molecule has 5 heteroatoms. The van der Waals surface area contributed by atoms with Crippen molar-refractivity contribution >= 4 is 23.1 Å². The molecule has 1 N–H and O–H groups in total. The summed E-state index contributed by atoms with van der Waals surface area (Å²) in [4.78, 5) is 1.03. The molecule has 2 rings (SSSR count). The fraction of sp³-hybridized carbons (Fsp3) is 0.200. The molecular formula is C10H10N2OS2. The second-order valence-corrected chi connectivity index (χ2v) is 5.14. The molecule has 1 atom stereocenters. The van der Waals surface area contributed by atoms with Gasteiger partial charge < -0.3 is 5.11 Å². The molecule has 0 bridgehead atoms. The van der Waals surface area contributed by atoms with Crippen LogP contribution in [0.1, 0.15) is 18.6 Å². The van der Waals surface area contributed by atoms with E-state index in [0.29, 0.717) is 0 Å². The summed E-state index contributed by atoms with van der Waals surface area (Å²) < 4.78 is 0.892. The minimum Gasteiger partial charge on any atom is -0.389 e. The van der Waals surface area contributed by atoms with Gasteiger partial charge in [-0.3, -0.25) is 0 Å². The first-order valence-corrected chi connectivity index (χ1v) is 6.18. The number of rotatable bonds is 3. The van der Waals surface area contributed by atoms with Gasteiger partial charge in [0, 0.05) is 4.90 Å². The Labute approximate surface area is 96.2 Å². The number of aliphatic hydroxyl groups is 1. The Balaban J connectivity index is 2.28. The van der Waals surface area contributed by atoms with Gasteiger partial charge in [0.05, 0.1) is 6.10 Å². The summed E-state index contributed by atoms with van der Waals surface area (Å²) in [5, 5.41) is 17.3. The third kappa shape index (κ3) is 2.56. The van der Waals surface area contributed by atoms with E-state index in [-0.39, 0.29) is 0 Å². The van der Waals surface area contributed by atoms with Gasteiger partial charge in [-0.1, -0.05) is 41.3 Å². The molecule has 0 aliphatic rings. The van der Waals surface area contributed by atoms with Crippen LogP contribution in [0.3, 0.4) is 0 Å². The van der Waals surface area contributed by atoms with Crippen LogP contribution in [0.5, 0.6) is 0 Å². The molecule has 15 heavy (non-hydrogen) atoms. The lowest BCUT2D eigenvalue weighted by atomic mass is 10.1. The zero-order valence-corrected chi connectivity index (χ0v) is 9.76. The van der Waals surface area contributed by atoms with Gasteiger partial charge in [-0.15, -0.1) is 10.2 Å². The third-order valence-electron chi connectivity index (χ3n) is 1.91. The van der Waals surface area contributed by atoms with Gasteiger partial charge >= 0.3 is 0 Å². The Morgan fingerprint density at radius 1 is 1.40 bits per heavy atom. The van der Waals surface area contributed by atoms with Crippen molar-refractivity contribution < 1.29 is 5.11 Å². The van der Waals surface area contributed by atoms with E-state index in [1.165, 1.54) is 23.1 Å². The lowest BCUT2D eigenvalue weighted by Gasteiger charge is -2.09. The fourth-order valence-electron chi connectivity index (χ4n) is 1.22. The molecule has 2 aromatic rings. The lowest BCUT2D eigenvalue weighted by Crippen LogP contribution is -1.93. The van der Waals surface area contributed by atoms with Crippen LogP contribution in [-0.2, 0) is 0 Å². The highest BCUT2D eigenvalue weighted by molar-refractivity contribution is 8.01. The molecule has 1 aromatic heterocycles. The lowest BCUT2D eigenvalue weighted by molar-refractivity contribution is 0.196. The zero-order valence-electron chi connectivity index (χ0n) is 8.12. The molecule has 0 unspecified atom stereocenters. The van der Waals surface area contributed by atoms with Crippen molar-refractivity contribution in [1.82, 2.24) is 10.2 Å². The van der Waals surface area contributed by atoms with E-state index in [4.69, 9.17) is 0 Å². The van der Waals surface area contributed by atoms with Crippen LogP contribution in [0, 0.1) is 0 Å². The first-order valence-electron chi connectivity index (χ1n) is 4.48. The minimum atomic E-state index is -0.457. The van der Waals surface area contributed by atoms with E-state index in [0.717, 1.165) is 14.8 Å². The molecule has 0 aliphatic carbocycles. The summed E-state index contributed by atoms with van der Waals surface area (Å²) in [5.41, 5.74) is 2.63. The van der Waals surface area contributed by atoms with E-state index >= 15 is 0 Å². The van der Waals surface area contributed by atoms with Gasteiger partial charge in [0.2, 0.25) is 0 Å². The van der Waals surface area contributed by atoms with Crippen molar-refractivity contribution in [1.29, 1.82) is 0 Å². The van der Waals surface area contributed by atoms with Crippen LogP contribution >= 0.6 is 23.1 Å². The highest BCUT2D eigenvalue weighted by atomic mass is 32.2. The number of nitrogens with zero attached hydrogens (tertiary/aromatic N) is 2. The predicted molar refractivity (Wildman–Crippen MR) is 61.1 cm³/mol. The molecule has 0 fully saturated rings. The molecule has 0 radical (unpaired) electrons. The number of aliphatic hydroxyl groups excluding tert-OH is 1. The summed E-state index contributed by atoms with van der Waals surface area (Å²) in [6.07, 6.45) is -0.457. The maximum absolute atomic E-state index is 9.59. The topological polar surface area (TPSA) is 46.0 Å². The van der Waals surface area contributed by atoms with Gasteiger partial charge in [-0.2, -0.15) is 0 Å². The second-order valence-electron chi connectivity index (χ2n) is 3.02. The van der Waals surface area contributed by atoms with E-state index < -0.39 is 6.10 Å². The van der Waals surface area contributed by atoms with Gasteiger partial charge in [0.15, 0.2) is 4.34 Å². The number of benzene rings is 1. The summed E-state index contributed by atoms with van der Waals surface area (Å²) >= 11 is 3.03. The molecule has 1 aromatic carbocycles. The molecule has 0 saturated carbocycles. The number of hydrogen-bond acceptors (Lipinski definition) is 5. The largest absolute Gasteiger partial charge is 0.389 e. The third-order valence-corrected chi connectivity index (χ3v) is 3.78. The second kappa shape index (κ2) is 4.74. The zero-order chi connectivity index (χ0) is 10.7. The molecule has 0 aliphatic heterocycles. The van der Waals surface area contributed by atoms with Gasteiger partial charge in [-0.05, 0) is 18.6 Å². The first kappa shape index (κ1) is 10.6. The van der Waals surface area contributed by atoms with Crippen molar-refractivity contribution in [3.05, 3.63) is 35.3 Å². The Hall–Kier alpha value is -0.910. The van der Waals surface area contributed by atoms with E-state index in [1.54, 1.807) is 12.4 Å². The number of hydrogen-bond donors (Lipinski definition) is 1. The molecule has 78 valence electrons. The normalized spacial score (nSPS) is 12.7. The Kier molecular flexibility index (Phi) is 3.35. The summed E-state index contributed by atoms with van der Waals surface area (Å²) in [7, 11) is 0. The van der Waals surface area contributed by atoms with Crippen molar-refractivity contribution in [2.24, 2.45) is 0 Å². The van der Waals surface area contributed by atoms with Crippen LogP contribution < -0.4 is 0 Å². The van der Waals surface area contributed by atoms with Crippen LogP contribution in [0.4, 0.5) is 0 Å². The molecule has 0 saturated heterocycles. The first-order chi connectivity index (χ1) is 7.27. The molecule has 0 spiro atoms. The van der Waals surface area contributed by atoms with Crippen LogP contribution in [0.25, 0.3) is 0 Å². The predicted octanol–water partition coefficient (Wildman–Crippen LogP) is 2.74. The van der Waals surface area contributed by atoms with E-state index in [1.807, 2.05) is 24.3 Å². The number of aromatic nitrogens is 2. The smallest absolute Gasteiger partial charge is 0.178 e. The van der Waals surface area contributed by atoms with E-state index in [2.05, 4.69) is 10.2 Å². The Morgan fingerprint density at radius 3 is 2.87 bits per heavy atom. The van der Waals surface area contributed by atoms with Crippen molar-refractivity contribution in [3.63, 3.8) is 0 Å². The molecule has 0 amide bonds. The van der Waals surface area contributed by atoms with Crippen LogP contribution in [-0.4, -0.2) is 15.3 Å². The molecular weight excluding hydrogens is 228 g/mol. The van der Waals surface area contributed by atoms with Gasteiger partial charge in [-0.25, -0.2) is 0 Å². The SMILES string of the molecule is C[C@@H](O)c1ccccc1Sc1nncs1. The summed E-state index contributed by atoms with van der Waals surface area (Å²) in [6.45, 7) is 1.76. The highest BCUT2D eigenvalue weighted by Crippen LogP contribution is 2.33. The summed E-state index contributed by atoms with van der Waals surface area (Å²) in [5.74, 6) is 0. The Morgan fingerprint density at radius 2 is 2.20 bits per heavy atom. The van der Waals surface area contributed by atoms with Crippen LogP contribution in [0.15, 0.2) is 39.0 Å². The van der Waals surface area contributed by atoms with Gasteiger partial charge in [0.1, 0.15) is 5.51 Å². The average Bonchev–Trinajstić information content (AvgIpc) is 2.71. The minimum absolute atomic E-state index is 0.457. The maximum atomic E-state index is 9.59. The van der Waals surface area contributed by atoms with Crippen molar-refractivity contribution in [2.45, 2.75) is 22.3 Å². The quantitative estimate of drug-likeness (QED) is 0.893. The standard InChI is InChI=1S/C10H10N2OS2/c1-7(13)8-4-2-3-5-9(8)15-10-12-11-6-14-10/h2-7,13H,1H3/t7-/m1/s1. The Bertz CT molecular complexity index is 429. The van der Waals surface area contributed by atoms with Crippen molar-refractivity contribution in [3.8, 4) is 0 Å². The molecule has 3 nitrogen and oxygen atoms in total. The maximum Gasteiger partial charge on any atom is 0.178 e. The van der Waals surface area contributed by atoms with E-state index in [9.17, 15) is 5.11 Å². The average molecular weight is 238 g/mol. The van der Waals surface area contributed by atoms with Crippen LogP contribution in [0.2, 0.25) is 0 Å².